The minimum Gasteiger partial charge on any atom is -0.495 e. The van der Waals surface area contributed by atoms with E-state index in [1.54, 1.807) is 31.5 Å². The number of benzene rings is 1. The molecule has 0 fully saturated rings. The molecule has 1 N–H and O–H groups in total. The molecule has 0 aliphatic heterocycles. The Balaban J connectivity index is 2.13. The molecule has 6 nitrogen and oxygen atoms in total. The minimum atomic E-state index is -0.322. The Morgan fingerprint density at radius 3 is 2.75 bits per heavy atom. The van der Waals surface area contributed by atoms with Crippen molar-refractivity contribution in [3.05, 3.63) is 52.4 Å². The van der Waals surface area contributed by atoms with Crippen LogP contribution in [0.2, 0.25) is 0 Å². The van der Waals surface area contributed by atoms with Crippen LogP contribution in [0.25, 0.3) is 0 Å². The molecule has 1 heterocycles. The van der Waals surface area contributed by atoms with Gasteiger partial charge >= 0.3 is 0 Å². The summed E-state index contributed by atoms with van der Waals surface area (Å²) in [5.41, 5.74) is 1.25. The number of aromatic nitrogens is 1. The molecule has 0 spiro atoms. The van der Waals surface area contributed by atoms with Crippen molar-refractivity contribution in [3.8, 4) is 11.5 Å². The number of amides is 1. The monoisotopic (exact) mass is 330 g/mol. The van der Waals surface area contributed by atoms with Crippen molar-refractivity contribution in [2.45, 2.75) is 26.8 Å². The van der Waals surface area contributed by atoms with E-state index in [1.807, 2.05) is 26.0 Å². The zero-order valence-corrected chi connectivity index (χ0v) is 14.2. The Labute approximate surface area is 141 Å². The lowest BCUT2D eigenvalue weighted by molar-refractivity contribution is -0.116. The number of carbonyl (C=O) groups is 1. The Morgan fingerprint density at radius 2 is 2.04 bits per heavy atom. The van der Waals surface area contributed by atoms with E-state index >= 15 is 0 Å². The molecular weight excluding hydrogens is 308 g/mol. The van der Waals surface area contributed by atoms with Crippen LogP contribution in [-0.4, -0.2) is 24.2 Å². The van der Waals surface area contributed by atoms with Crippen molar-refractivity contribution in [1.29, 1.82) is 0 Å². The summed E-state index contributed by atoms with van der Waals surface area (Å²) >= 11 is 0. The number of anilines is 1. The van der Waals surface area contributed by atoms with Crippen LogP contribution in [0.5, 0.6) is 11.5 Å². The van der Waals surface area contributed by atoms with Crippen LogP contribution in [0.3, 0.4) is 0 Å². The van der Waals surface area contributed by atoms with E-state index in [0.717, 1.165) is 12.0 Å². The van der Waals surface area contributed by atoms with Crippen LogP contribution in [0.1, 0.15) is 18.9 Å². The zero-order valence-electron chi connectivity index (χ0n) is 14.2. The molecule has 0 unspecified atom stereocenters. The summed E-state index contributed by atoms with van der Waals surface area (Å²) in [5, 5.41) is 2.78. The first-order valence-electron chi connectivity index (χ1n) is 7.82. The molecule has 2 rings (SSSR count). The predicted octanol–water partition coefficient (Wildman–Crippen LogP) is 2.59. The van der Waals surface area contributed by atoms with Crippen LogP contribution < -0.4 is 20.3 Å². The number of aryl methyl sites for hydroxylation is 1. The highest BCUT2D eigenvalue weighted by Gasteiger charge is 2.11. The fraction of sp³-hybridized carbons (Fsp3) is 0.333. The van der Waals surface area contributed by atoms with E-state index in [4.69, 9.17) is 9.47 Å². The van der Waals surface area contributed by atoms with Gasteiger partial charge in [0.05, 0.1) is 19.4 Å². The number of nitrogens with zero attached hydrogens (tertiary/aromatic N) is 1. The molecule has 1 amide bonds. The summed E-state index contributed by atoms with van der Waals surface area (Å²) in [4.78, 5) is 24.5. The summed E-state index contributed by atoms with van der Waals surface area (Å²) in [5.74, 6) is 0.509. The molecule has 0 saturated carbocycles. The van der Waals surface area contributed by atoms with E-state index < -0.39 is 0 Å². The largest absolute Gasteiger partial charge is 0.495 e. The lowest BCUT2D eigenvalue weighted by Crippen LogP contribution is -2.28. The van der Waals surface area contributed by atoms with E-state index in [9.17, 15) is 9.59 Å². The number of carbonyl (C=O) groups excluding carboxylic acids is 1. The molecule has 1 aromatic carbocycles. The Kier molecular flexibility index (Phi) is 6.01. The van der Waals surface area contributed by atoms with Crippen molar-refractivity contribution < 1.29 is 14.3 Å². The average molecular weight is 330 g/mol. The molecule has 0 bridgehead atoms. The van der Waals surface area contributed by atoms with E-state index in [2.05, 4.69) is 5.32 Å². The van der Waals surface area contributed by atoms with Gasteiger partial charge < -0.3 is 19.4 Å². The van der Waals surface area contributed by atoms with Gasteiger partial charge in [-0.25, -0.2) is 0 Å². The SMILES string of the molecule is CCCOc1cccn(CC(=O)Nc2cc(C)ccc2OC)c1=O. The molecular formula is C18H22N2O4. The molecule has 6 heteroatoms. The fourth-order valence-corrected chi connectivity index (χ4v) is 2.23. The van der Waals surface area contributed by atoms with Gasteiger partial charge in [0.2, 0.25) is 5.91 Å². The van der Waals surface area contributed by atoms with Crippen molar-refractivity contribution in [1.82, 2.24) is 4.57 Å². The highest BCUT2D eigenvalue weighted by atomic mass is 16.5. The van der Waals surface area contributed by atoms with Crippen molar-refractivity contribution in [2.75, 3.05) is 19.0 Å². The maximum absolute atomic E-state index is 12.3. The van der Waals surface area contributed by atoms with Crippen molar-refractivity contribution in [3.63, 3.8) is 0 Å². The lowest BCUT2D eigenvalue weighted by Gasteiger charge is -2.12. The summed E-state index contributed by atoms with van der Waals surface area (Å²) in [7, 11) is 1.54. The maximum Gasteiger partial charge on any atom is 0.293 e. The summed E-state index contributed by atoms with van der Waals surface area (Å²) in [6.45, 7) is 4.25. The van der Waals surface area contributed by atoms with Gasteiger partial charge in [-0.2, -0.15) is 0 Å². The molecule has 2 aromatic rings. The quantitative estimate of drug-likeness (QED) is 0.847. The van der Waals surface area contributed by atoms with Crippen LogP contribution >= 0.6 is 0 Å². The predicted molar refractivity (Wildman–Crippen MR) is 92.8 cm³/mol. The first kappa shape index (κ1) is 17.6. The van der Waals surface area contributed by atoms with Gasteiger partial charge in [0.15, 0.2) is 5.75 Å². The normalized spacial score (nSPS) is 10.3. The fourth-order valence-electron chi connectivity index (χ4n) is 2.23. The van der Waals surface area contributed by atoms with Gasteiger partial charge in [0.25, 0.3) is 5.56 Å². The third-order valence-corrected chi connectivity index (χ3v) is 3.39. The highest BCUT2D eigenvalue weighted by molar-refractivity contribution is 5.92. The second-order valence-corrected chi connectivity index (χ2v) is 5.41. The number of ether oxygens (including phenoxy) is 2. The topological polar surface area (TPSA) is 69.6 Å². The lowest BCUT2D eigenvalue weighted by atomic mass is 10.2. The van der Waals surface area contributed by atoms with E-state index in [1.165, 1.54) is 4.57 Å². The highest BCUT2D eigenvalue weighted by Crippen LogP contribution is 2.25. The molecule has 0 atom stereocenters. The number of hydrogen-bond acceptors (Lipinski definition) is 4. The average Bonchev–Trinajstić information content (AvgIpc) is 2.56. The Hall–Kier alpha value is -2.76. The first-order valence-corrected chi connectivity index (χ1v) is 7.82. The third-order valence-electron chi connectivity index (χ3n) is 3.39. The first-order chi connectivity index (χ1) is 11.5. The minimum absolute atomic E-state index is 0.0980. The molecule has 128 valence electrons. The summed E-state index contributed by atoms with van der Waals surface area (Å²) in [6, 6.07) is 8.80. The Bertz CT molecular complexity index is 768. The van der Waals surface area contributed by atoms with Crippen LogP contribution in [0.15, 0.2) is 41.3 Å². The number of rotatable bonds is 7. The van der Waals surface area contributed by atoms with Crippen LogP contribution in [-0.2, 0) is 11.3 Å². The standard InChI is InChI=1S/C18H22N2O4/c1-4-10-24-16-6-5-9-20(18(16)22)12-17(21)19-14-11-13(2)7-8-15(14)23-3/h5-9,11H,4,10,12H2,1-3H3,(H,19,21). The second kappa shape index (κ2) is 8.19. The maximum atomic E-state index is 12.3. The molecule has 1 aromatic heterocycles. The van der Waals surface area contributed by atoms with Gasteiger partial charge in [0.1, 0.15) is 12.3 Å². The van der Waals surface area contributed by atoms with E-state index in [0.29, 0.717) is 18.0 Å². The van der Waals surface area contributed by atoms with E-state index in [-0.39, 0.29) is 23.8 Å². The van der Waals surface area contributed by atoms with Crippen LogP contribution in [0, 0.1) is 6.92 Å². The molecule has 0 aliphatic rings. The number of hydrogen-bond donors (Lipinski definition) is 1. The second-order valence-electron chi connectivity index (χ2n) is 5.41. The number of pyridine rings is 1. The van der Waals surface area contributed by atoms with Gasteiger partial charge in [-0.05, 0) is 43.2 Å². The van der Waals surface area contributed by atoms with Gasteiger partial charge in [-0.1, -0.05) is 13.0 Å². The molecule has 0 saturated heterocycles. The zero-order chi connectivity index (χ0) is 17.5. The smallest absolute Gasteiger partial charge is 0.293 e. The third kappa shape index (κ3) is 4.38. The van der Waals surface area contributed by atoms with Gasteiger partial charge in [0, 0.05) is 6.20 Å². The van der Waals surface area contributed by atoms with Gasteiger partial charge in [-0.15, -0.1) is 0 Å². The number of methoxy groups -OCH3 is 1. The van der Waals surface area contributed by atoms with Crippen LogP contribution in [0.4, 0.5) is 5.69 Å². The van der Waals surface area contributed by atoms with Crippen molar-refractivity contribution in [2.24, 2.45) is 0 Å². The molecule has 24 heavy (non-hydrogen) atoms. The number of nitrogens with one attached hydrogen (secondary N) is 1. The molecule has 0 radical (unpaired) electrons. The van der Waals surface area contributed by atoms with Gasteiger partial charge in [-0.3, -0.25) is 9.59 Å². The summed E-state index contributed by atoms with van der Waals surface area (Å²) < 4.78 is 12.0. The molecule has 0 aliphatic carbocycles. The van der Waals surface area contributed by atoms with Crippen molar-refractivity contribution >= 4 is 11.6 Å². The Morgan fingerprint density at radius 1 is 1.25 bits per heavy atom. The summed E-state index contributed by atoms with van der Waals surface area (Å²) in [6.07, 6.45) is 2.37.